The fourth-order valence-electron chi connectivity index (χ4n) is 16.5. The number of hydrogen-bond acceptors (Lipinski definition) is 5. The lowest BCUT2D eigenvalue weighted by Crippen LogP contribution is -2.07. The van der Waals surface area contributed by atoms with E-state index in [2.05, 4.69) is 248 Å². The average Bonchev–Trinajstić information content (AvgIpc) is 0.992. The monoisotopic (exact) mass is 1580 g/mol. The summed E-state index contributed by atoms with van der Waals surface area (Å²) in [7, 11) is 1.71. The Morgan fingerprint density at radius 3 is 0.846 bits per heavy atom. The molecule has 12 rings (SSSR count). The number of rotatable bonds is 41. The van der Waals surface area contributed by atoms with Crippen molar-refractivity contribution < 1.29 is 25.2 Å². The molecule has 2 fully saturated rings. The van der Waals surface area contributed by atoms with Crippen molar-refractivity contribution in [1.29, 1.82) is 0 Å². The van der Waals surface area contributed by atoms with E-state index in [0.29, 0.717) is 0 Å². The second-order valence-electron chi connectivity index (χ2n) is 33.5. The zero-order chi connectivity index (χ0) is 83.0. The highest BCUT2D eigenvalue weighted by atomic mass is 16.5. The molecule has 0 amide bonds. The van der Waals surface area contributed by atoms with Gasteiger partial charge in [-0.2, -0.15) is 0 Å². The van der Waals surface area contributed by atoms with Crippen LogP contribution in [0, 0.1) is 11.8 Å². The molecule has 4 atom stereocenters. The van der Waals surface area contributed by atoms with Crippen molar-refractivity contribution in [3.8, 4) is 5.75 Å². The third-order valence-corrected chi connectivity index (χ3v) is 23.6. The number of benzene rings is 10. The summed E-state index contributed by atoms with van der Waals surface area (Å²) in [5.74, 6) is 2.98. The topological polar surface area (TPSA) is 90.2 Å². The number of aryl methyl sites for hydroxylation is 12. The van der Waals surface area contributed by atoms with Crippen molar-refractivity contribution in [2.45, 2.75) is 316 Å². The Balaban J connectivity index is 0.000000194. The predicted molar refractivity (Wildman–Crippen MR) is 501 cm³/mol. The number of para-hydroxylation sites is 1. The van der Waals surface area contributed by atoms with Gasteiger partial charge in [0.25, 0.3) is 0 Å². The summed E-state index contributed by atoms with van der Waals surface area (Å²) in [4.78, 5) is 0. The van der Waals surface area contributed by atoms with Crippen molar-refractivity contribution in [2.75, 3.05) is 7.11 Å². The second kappa shape index (κ2) is 59.5. The van der Waals surface area contributed by atoms with Gasteiger partial charge >= 0.3 is 0 Å². The summed E-state index contributed by atoms with van der Waals surface area (Å²) in [5.41, 5.74) is 21.1. The lowest BCUT2D eigenvalue weighted by molar-refractivity contribution is 0.166. The van der Waals surface area contributed by atoms with Gasteiger partial charge < -0.3 is 25.2 Å². The fraction of sp³-hybridized carbons (Fsp3) is 0.464. The number of ether oxygens (including phenoxy) is 1. The first-order valence-corrected chi connectivity index (χ1v) is 46.4. The Kier molecular flexibility index (Phi) is 48.8. The van der Waals surface area contributed by atoms with E-state index in [1.165, 1.54) is 203 Å². The Hall–Kier alpha value is -8.16. The molecule has 2 aliphatic carbocycles. The molecular weight excluding hydrogens is 1430 g/mol. The number of unbranched alkanes of at least 4 members (excludes halogenated alkanes) is 4. The van der Waals surface area contributed by atoms with E-state index in [4.69, 9.17) is 4.74 Å². The number of hydrogen-bond donors (Lipinski definition) is 4. The lowest BCUT2D eigenvalue weighted by atomic mass is 9.85. The van der Waals surface area contributed by atoms with Crippen LogP contribution in [0.15, 0.2) is 261 Å². The van der Waals surface area contributed by atoms with Crippen LogP contribution in [0.4, 0.5) is 0 Å². The zero-order valence-electron chi connectivity index (χ0n) is 73.6. The number of aliphatic hydroxyl groups is 4. The molecule has 10 aromatic carbocycles. The van der Waals surface area contributed by atoms with Crippen LogP contribution in [0.2, 0.25) is 0 Å². The van der Waals surface area contributed by atoms with Crippen LogP contribution < -0.4 is 4.74 Å². The van der Waals surface area contributed by atoms with E-state index in [1.807, 2.05) is 54.6 Å². The normalized spacial score (nSPS) is 13.6. The zero-order valence-corrected chi connectivity index (χ0v) is 73.6. The maximum Gasteiger partial charge on any atom is 0.122 e. The molecule has 0 heterocycles. The third-order valence-electron chi connectivity index (χ3n) is 23.6. The Bertz CT molecular complexity index is 4020. The SMILES string of the molecule is CCCC(O)c1cccc(CCCCc2ccccc2)c1.CCCC(O)c1cccc(CCc2ccccc2)c1.CCCC(O)c1cccc(CCc2ccccc2OC)c1.CCCCc1cccc(CCC2CCCC2)c1.CCCCc1cccc(CCC2CCCCC2)c1.CCC[C@@H](O)c1cccc(CCCCc2ccccc2)c1. The molecule has 0 spiro atoms. The highest BCUT2D eigenvalue weighted by Crippen LogP contribution is 2.31. The standard InChI is InChI=1S/2C20H26O.C19H24O2.C18H22O.C18H28.C17H26/c2*1-2-9-20(21)19-15-8-14-18(16-19)13-7-6-12-17-10-4-3-5-11-17;1-3-7-18(20)17-10-6-8-15(14-17)12-13-16-9-4-5-11-19(16)21-2;1-2-7-18(19)17-11-6-10-16(14-17)13-12-15-8-4-3-5-9-15;1-2-3-8-17-11-7-12-18(15-17)14-13-16-9-5-4-6-10-16;1-2-3-7-16-10-6-11-17(14-16)13-12-15-8-4-5-9-15/h2*3-5,8,10-11,14-16,20-21H,2,6-7,9,12-13H2,1H3;4-6,8-11,14,18,20H,3,7,12-13H2,1-2H3;3-6,8-11,14,18-19H,2,7,12-13H2,1H3;7,11-12,15-16H,2-6,8-10,13-14H2,1H3;6,10-11,14-15H,2-5,7-9,12-13H2,1H3/t20-;;;;;/m1...../s1. The molecular formula is C112H152O5. The van der Waals surface area contributed by atoms with Gasteiger partial charge in [-0.1, -0.05) is 393 Å². The van der Waals surface area contributed by atoms with E-state index in [1.54, 1.807) is 18.2 Å². The lowest BCUT2D eigenvalue weighted by Gasteiger charge is -2.21. The molecule has 2 aliphatic rings. The van der Waals surface area contributed by atoms with Crippen molar-refractivity contribution in [1.82, 2.24) is 0 Å². The smallest absolute Gasteiger partial charge is 0.122 e. The molecule has 117 heavy (non-hydrogen) atoms. The predicted octanol–water partition coefficient (Wildman–Crippen LogP) is 29.5. The van der Waals surface area contributed by atoms with Crippen LogP contribution >= 0.6 is 0 Å². The van der Waals surface area contributed by atoms with Gasteiger partial charge in [0.2, 0.25) is 0 Å². The Morgan fingerprint density at radius 1 is 0.248 bits per heavy atom. The Labute approximate surface area is 711 Å². The molecule has 10 aromatic rings. The summed E-state index contributed by atoms with van der Waals surface area (Å²) >= 11 is 0. The van der Waals surface area contributed by atoms with Gasteiger partial charge in [0.05, 0.1) is 31.5 Å². The molecule has 0 bridgehead atoms. The van der Waals surface area contributed by atoms with Gasteiger partial charge in [0.1, 0.15) is 5.75 Å². The first-order chi connectivity index (χ1) is 57.4. The largest absolute Gasteiger partial charge is 0.496 e. The van der Waals surface area contributed by atoms with Crippen LogP contribution in [0.25, 0.3) is 0 Å². The van der Waals surface area contributed by atoms with Gasteiger partial charge in [0.15, 0.2) is 0 Å². The highest BCUT2D eigenvalue weighted by molar-refractivity contribution is 5.36. The molecule has 3 unspecified atom stereocenters. The maximum atomic E-state index is 10.1. The summed E-state index contributed by atoms with van der Waals surface area (Å²) in [5, 5.41) is 40.3. The van der Waals surface area contributed by atoms with Crippen LogP contribution in [-0.2, 0) is 77.0 Å². The average molecular weight is 1580 g/mol. The molecule has 2 saturated carbocycles. The number of methoxy groups -OCH3 is 1. The Morgan fingerprint density at radius 2 is 0.504 bits per heavy atom. The van der Waals surface area contributed by atoms with Crippen molar-refractivity contribution >= 4 is 0 Å². The third kappa shape index (κ3) is 40.0. The minimum atomic E-state index is -0.346. The summed E-state index contributed by atoms with van der Waals surface area (Å²) in [6, 6.07) is 92.1. The first-order valence-electron chi connectivity index (χ1n) is 46.4. The van der Waals surface area contributed by atoms with Gasteiger partial charge in [0, 0.05) is 0 Å². The second-order valence-corrected chi connectivity index (χ2v) is 33.5. The highest BCUT2D eigenvalue weighted by Gasteiger charge is 2.17. The molecule has 4 N–H and O–H groups in total. The van der Waals surface area contributed by atoms with Gasteiger partial charge in [-0.15, -0.1) is 0 Å². The fourth-order valence-corrected chi connectivity index (χ4v) is 16.5. The van der Waals surface area contributed by atoms with E-state index >= 15 is 0 Å². The van der Waals surface area contributed by atoms with Crippen molar-refractivity contribution in [2.24, 2.45) is 11.8 Å². The van der Waals surface area contributed by atoms with Crippen LogP contribution in [-0.4, -0.2) is 27.5 Å². The minimum absolute atomic E-state index is 0.306. The van der Waals surface area contributed by atoms with Crippen LogP contribution in [0.1, 0.15) is 328 Å². The van der Waals surface area contributed by atoms with Gasteiger partial charge in [-0.05, 0) is 261 Å². The maximum absolute atomic E-state index is 10.1. The van der Waals surface area contributed by atoms with E-state index in [0.717, 1.165) is 143 Å². The van der Waals surface area contributed by atoms with E-state index < -0.39 is 0 Å². The molecule has 5 heteroatoms. The van der Waals surface area contributed by atoms with E-state index in [9.17, 15) is 20.4 Å². The van der Waals surface area contributed by atoms with Crippen LogP contribution in [0.5, 0.6) is 5.75 Å². The van der Waals surface area contributed by atoms with E-state index in [-0.39, 0.29) is 24.4 Å². The molecule has 0 saturated heterocycles. The molecule has 630 valence electrons. The molecule has 0 aromatic heterocycles. The first kappa shape index (κ1) is 96.0. The molecule has 0 radical (unpaired) electrons. The van der Waals surface area contributed by atoms with Crippen LogP contribution in [0.3, 0.4) is 0 Å². The quantitative estimate of drug-likeness (QED) is 0.0287. The summed E-state index contributed by atoms with van der Waals surface area (Å²) in [6.07, 6.45) is 45.9. The van der Waals surface area contributed by atoms with Crippen molar-refractivity contribution in [3.05, 3.63) is 350 Å². The van der Waals surface area contributed by atoms with Gasteiger partial charge in [-0.25, -0.2) is 0 Å². The summed E-state index contributed by atoms with van der Waals surface area (Å²) in [6.45, 7) is 12.9. The number of aliphatic hydroxyl groups excluding tert-OH is 4. The summed E-state index contributed by atoms with van der Waals surface area (Å²) < 4.78 is 5.39. The molecule has 5 nitrogen and oxygen atoms in total. The molecule has 0 aliphatic heterocycles. The van der Waals surface area contributed by atoms with Gasteiger partial charge in [-0.3, -0.25) is 0 Å². The minimum Gasteiger partial charge on any atom is -0.496 e. The van der Waals surface area contributed by atoms with Crippen molar-refractivity contribution in [3.63, 3.8) is 0 Å².